The van der Waals surface area contributed by atoms with Gasteiger partial charge in [-0.25, -0.2) is 4.79 Å². The van der Waals surface area contributed by atoms with Gasteiger partial charge in [-0.2, -0.15) is 0 Å². The van der Waals surface area contributed by atoms with Crippen LogP contribution in [0.3, 0.4) is 0 Å². The minimum Gasteiger partial charge on any atom is -0.481 e. The van der Waals surface area contributed by atoms with Crippen LogP contribution in [0, 0.1) is 5.92 Å². The predicted octanol–water partition coefficient (Wildman–Crippen LogP) is 1.68. The average Bonchev–Trinajstić information content (AvgIpc) is 2.78. The van der Waals surface area contributed by atoms with Crippen LogP contribution >= 0.6 is 0 Å². The summed E-state index contributed by atoms with van der Waals surface area (Å²) in [5.41, 5.74) is 0. The van der Waals surface area contributed by atoms with E-state index in [1.807, 2.05) is 0 Å². The first kappa shape index (κ1) is 13.8. The van der Waals surface area contributed by atoms with Gasteiger partial charge in [-0.05, 0) is 12.3 Å². The highest BCUT2D eigenvalue weighted by Crippen LogP contribution is 2.26. The standard InChI is InChI=1S/C12H22N2O3/c1-14(9-7-11(15)16)12(17)13-8-6-10-4-2-3-5-10/h10H,2-9H2,1H3,(H,13,17)(H,15,16). The first-order valence-electron chi connectivity index (χ1n) is 6.30. The summed E-state index contributed by atoms with van der Waals surface area (Å²) in [6, 6.07) is -0.177. The zero-order chi connectivity index (χ0) is 12.7. The lowest BCUT2D eigenvalue weighted by molar-refractivity contribution is -0.137. The van der Waals surface area contributed by atoms with Gasteiger partial charge in [0.25, 0.3) is 0 Å². The number of aliphatic carboxylic acids is 1. The molecule has 17 heavy (non-hydrogen) atoms. The van der Waals surface area contributed by atoms with Crippen LogP contribution in [-0.4, -0.2) is 42.1 Å². The SMILES string of the molecule is CN(CCC(=O)O)C(=O)NCCC1CCCC1. The number of rotatable bonds is 6. The molecule has 0 unspecified atom stereocenters. The zero-order valence-electron chi connectivity index (χ0n) is 10.4. The molecule has 0 bridgehead atoms. The third-order valence-electron chi connectivity index (χ3n) is 3.31. The fourth-order valence-electron chi connectivity index (χ4n) is 2.18. The van der Waals surface area contributed by atoms with Crippen molar-refractivity contribution in [2.24, 2.45) is 5.92 Å². The number of carboxylic acids is 1. The zero-order valence-corrected chi connectivity index (χ0v) is 10.4. The molecule has 1 saturated carbocycles. The molecule has 2 amide bonds. The summed E-state index contributed by atoms with van der Waals surface area (Å²) < 4.78 is 0. The van der Waals surface area contributed by atoms with Crippen molar-refractivity contribution in [2.45, 2.75) is 38.5 Å². The summed E-state index contributed by atoms with van der Waals surface area (Å²) in [5.74, 6) is -0.116. The highest BCUT2D eigenvalue weighted by Gasteiger charge is 2.15. The molecule has 0 heterocycles. The molecule has 5 heteroatoms. The van der Waals surface area contributed by atoms with Crippen molar-refractivity contribution in [1.82, 2.24) is 10.2 Å². The van der Waals surface area contributed by atoms with Crippen molar-refractivity contribution in [3.8, 4) is 0 Å². The van der Waals surface area contributed by atoms with Gasteiger partial charge >= 0.3 is 12.0 Å². The summed E-state index contributed by atoms with van der Waals surface area (Å²) in [6.07, 6.45) is 6.23. The second-order valence-electron chi connectivity index (χ2n) is 4.74. The number of amides is 2. The first-order chi connectivity index (χ1) is 8.09. The Kier molecular flexibility index (Phi) is 5.80. The van der Waals surface area contributed by atoms with Gasteiger partial charge in [0.15, 0.2) is 0 Å². The van der Waals surface area contributed by atoms with E-state index >= 15 is 0 Å². The molecule has 0 radical (unpaired) electrons. The van der Waals surface area contributed by atoms with Crippen LogP contribution < -0.4 is 5.32 Å². The molecule has 0 aromatic heterocycles. The predicted molar refractivity (Wildman–Crippen MR) is 64.9 cm³/mol. The van der Waals surface area contributed by atoms with E-state index in [9.17, 15) is 9.59 Å². The summed E-state index contributed by atoms with van der Waals surface area (Å²) in [4.78, 5) is 23.3. The third kappa shape index (κ3) is 5.56. The number of carboxylic acid groups (broad SMARTS) is 1. The molecule has 98 valence electrons. The number of carbonyl (C=O) groups is 2. The lowest BCUT2D eigenvalue weighted by Crippen LogP contribution is -2.39. The second-order valence-corrected chi connectivity index (χ2v) is 4.74. The first-order valence-corrected chi connectivity index (χ1v) is 6.30. The molecule has 1 rings (SSSR count). The van der Waals surface area contributed by atoms with Crippen LogP contribution in [0.4, 0.5) is 4.79 Å². The van der Waals surface area contributed by atoms with E-state index < -0.39 is 5.97 Å². The smallest absolute Gasteiger partial charge is 0.317 e. The fraction of sp³-hybridized carbons (Fsp3) is 0.833. The summed E-state index contributed by atoms with van der Waals surface area (Å²) in [6.45, 7) is 0.950. The van der Waals surface area contributed by atoms with Crippen molar-refractivity contribution < 1.29 is 14.7 Å². The van der Waals surface area contributed by atoms with Crippen LogP contribution in [0.1, 0.15) is 38.5 Å². The molecule has 0 aliphatic heterocycles. The topological polar surface area (TPSA) is 69.6 Å². The number of nitrogens with zero attached hydrogens (tertiary/aromatic N) is 1. The van der Waals surface area contributed by atoms with Crippen molar-refractivity contribution in [1.29, 1.82) is 0 Å². The Morgan fingerprint density at radius 1 is 1.35 bits per heavy atom. The van der Waals surface area contributed by atoms with E-state index in [1.165, 1.54) is 30.6 Å². The van der Waals surface area contributed by atoms with Gasteiger partial charge in [0, 0.05) is 20.1 Å². The maximum atomic E-state index is 11.6. The maximum absolute atomic E-state index is 11.6. The molecule has 2 N–H and O–H groups in total. The second kappa shape index (κ2) is 7.14. The molecule has 5 nitrogen and oxygen atoms in total. The van der Waals surface area contributed by atoms with Crippen molar-refractivity contribution in [2.75, 3.05) is 20.1 Å². The van der Waals surface area contributed by atoms with Crippen LogP contribution in [0.5, 0.6) is 0 Å². The Bertz CT molecular complexity index is 262. The van der Waals surface area contributed by atoms with E-state index in [1.54, 1.807) is 7.05 Å². The van der Waals surface area contributed by atoms with Gasteiger partial charge in [-0.1, -0.05) is 25.7 Å². The lowest BCUT2D eigenvalue weighted by atomic mass is 10.0. The van der Waals surface area contributed by atoms with Gasteiger partial charge in [0.1, 0.15) is 0 Å². The highest BCUT2D eigenvalue weighted by molar-refractivity contribution is 5.74. The van der Waals surface area contributed by atoms with Gasteiger partial charge < -0.3 is 15.3 Å². The molecule has 0 atom stereocenters. The van der Waals surface area contributed by atoms with Crippen LogP contribution in [0.25, 0.3) is 0 Å². The summed E-state index contributed by atoms with van der Waals surface area (Å²) in [7, 11) is 1.62. The number of urea groups is 1. The van der Waals surface area contributed by atoms with Crippen molar-refractivity contribution >= 4 is 12.0 Å². The van der Waals surface area contributed by atoms with E-state index in [0.29, 0.717) is 6.54 Å². The Morgan fingerprint density at radius 2 is 2.00 bits per heavy atom. The van der Waals surface area contributed by atoms with Gasteiger partial charge in [0.05, 0.1) is 6.42 Å². The summed E-state index contributed by atoms with van der Waals surface area (Å²) in [5, 5.41) is 11.3. The number of carbonyl (C=O) groups excluding carboxylic acids is 1. The van der Waals surface area contributed by atoms with E-state index in [4.69, 9.17) is 5.11 Å². The van der Waals surface area contributed by atoms with Gasteiger partial charge in [-0.15, -0.1) is 0 Å². The Morgan fingerprint density at radius 3 is 2.59 bits per heavy atom. The minimum atomic E-state index is -0.879. The van der Waals surface area contributed by atoms with Gasteiger partial charge in [-0.3, -0.25) is 4.79 Å². The van der Waals surface area contributed by atoms with Crippen molar-refractivity contribution in [3.05, 3.63) is 0 Å². The van der Waals surface area contributed by atoms with Crippen LogP contribution in [0.15, 0.2) is 0 Å². The number of hydrogen-bond donors (Lipinski definition) is 2. The third-order valence-corrected chi connectivity index (χ3v) is 3.31. The van der Waals surface area contributed by atoms with E-state index in [0.717, 1.165) is 12.3 Å². The highest BCUT2D eigenvalue weighted by atomic mass is 16.4. The molecule has 0 saturated heterocycles. The average molecular weight is 242 g/mol. The van der Waals surface area contributed by atoms with Gasteiger partial charge in [0.2, 0.25) is 0 Å². The van der Waals surface area contributed by atoms with Crippen molar-refractivity contribution in [3.63, 3.8) is 0 Å². The minimum absolute atomic E-state index is 0.00740. The quantitative estimate of drug-likeness (QED) is 0.744. The molecule has 1 fully saturated rings. The molecular formula is C12H22N2O3. The summed E-state index contributed by atoms with van der Waals surface area (Å²) >= 11 is 0. The molecule has 0 spiro atoms. The molecule has 1 aliphatic carbocycles. The Hall–Kier alpha value is -1.26. The van der Waals surface area contributed by atoms with E-state index in [2.05, 4.69) is 5.32 Å². The van der Waals surface area contributed by atoms with E-state index in [-0.39, 0.29) is 19.0 Å². The molecule has 0 aromatic rings. The van der Waals surface area contributed by atoms with Crippen LogP contribution in [-0.2, 0) is 4.79 Å². The molecule has 0 aromatic carbocycles. The normalized spacial score (nSPS) is 15.8. The Balaban J connectivity index is 2.08. The maximum Gasteiger partial charge on any atom is 0.317 e. The lowest BCUT2D eigenvalue weighted by Gasteiger charge is -2.17. The molecule has 1 aliphatic rings. The largest absolute Gasteiger partial charge is 0.481 e. The van der Waals surface area contributed by atoms with Crippen LogP contribution in [0.2, 0.25) is 0 Å². The number of nitrogens with one attached hydrogen (secondary N) is 1. The fourth-order valence-corrected chi connectivity index (χ4v) is 2.18. The molecular weight excluding hydrogens is 220 g/mol. The number of hydrogen-bond acceptors (Lipinski definition) is 2. The monoisotopic (exact) mass is 242 g/mol. The Labute approximate surface area is 102 Å².